The number of nitrogens with zero attached hydrogens (tertiary/aromatic N) is 4. The van der Waals surface area contributed by atoms with Gasteiger partial charge in [-0.1, -0.05) is 5.16 Å². The number of ether oxygens (including phenoxy) is 1. The summed E-state index contributed by atoms with van der Waals surface area (Å²) in [5.41, 5.74) is 0.982. The lowest BCUT2D eigenvalue weighted by molar-refractivity contribution is -0.0496. The lowest BCUT2D eigenvalue weighted by Crippen LogP contribution is -2.55. The SMILES string of the molecule is CN=C(NCCN1CCOCC1(C)C)N(C)Cc1ccon1.I. The van der Waals surface area contributed by atoms with Crippen molar-refractivity contribution >= 4 is 29.9 Å². The van der Waals surface area contributed by atoms with E-state index in [1.807, 2.05) is 18.0 Å². The highest BCUT2D eigenvalue weighted by Crippen LogP contribution is 2.17. The summed E-state index contributed by atoms with van der Waals surface area (Å²) in [5, 5.41) is 7.33. The van der Waals surface area contributed by atoms with Crippen LogP contribution in [-0.2, 0) is 11.3 Å². The topological polar surface area (TPSA) is 66.1 Å². The first-order valence-corrected chi connectivity index (χ1v) is 7.67. The van der Waals surface area contributed by atoms with Crippen molar-refractivity contribution in [1.29, 1.82) is 0 Å². The highest BCUT2D eigenvalue weighted by Gasteiger charge is 2.29. The van der Waals surface area contributed by atoms with Crippen molar-refractivity contribution in [2.24, 2.45) is 4.99 Å². The second kappa shape index (κ2) is 9.43. The fourth-order valence-corrected chi connectivity index (χ4v) is 2.63. The number of hydrogen-bond acceptors (Lipinski definition) is 5. The second-order valence-corrected chi connectivity index (χ2v) is 6.17. The Morgan fingerprint density at radius 1 is 1.52 bits per heavy atom. The van der Waals surface area contributed by atoms with E-state index >= 15 is 0 Å². The molecule has 2 rings (SSSR count). The average Bonchev–Trinajstić information content (AvgIpc) is 2.97. The van der Waals surface area contributed by atoms with Gasteiger partial charge in [-0.05, 0) is 13.8 Å². The molecule has 0 amide bonds. The first-order chi connectivity index (χ1) is 10.5. The summed E-state index contributed by atoms with van der Waals surface area (Å²) in [7, 11) is 3.78. The number of hydrogen-bond donors (Lipinski definition) is 1. The van der Waals surface area contributed by atoms with Gasteiger partial charge < -0.3 is 19.5 Å². The molecule has 0 aromatic carbocycles. The zero-order chi connectivity index (χ0) is 16.0. The summed E-state index contributed by atoms with van der Waals surface area (Å²) in [4.78, 5) is 8.80. The Bertz CT molecular complexity index is 478. The number of aliphatic imine (C=N–C) groups is 1. The van der Waals surface area contributed by atoms with Crippen molar-refractivity contribution in [3.8, 4) is 0 Å². The van der Waals surface area contributed by atoms with Crippen LogP contribution in [0.1, 0.15) is 19.5 Å². The first-order valence-electron chi connectivity index (χ1n) is 7.67. The molecule has 23 heavy (non-hydrogen) atoms. The third kappa shape index (κ3) is 5.92. The number of aromatic nitrogens is 1. The minimum absolute atomic E-state index is 0. The molecule has 0 radical (unpaired) electrons. The molecule has 1 aromatic heterocycles. The van der Waals surface area contributed by atoms with E-state index in [1.165, 1.54) is 0 Å². The highest BCUT2D eigenvalue weighted by atomic mass is 127. The second-order valence-electron chi connectivity index (χ2n) is 6.17. The van der Waals surface area contributed by atoms with Crippen molar-refractivity contribution < 1.29 is 9.26 Å². The Kier molecular flexibility index (Phi) is 8.27. The standard InChI is InChI=1S/C15H27N5O2.HI/c1-15(2)12-21-10-8-20(15)7-6-17-14(16-3)19(4)11-13-5-9-22-18-13;/h5,9H,6-8,10-12H2,1-4H3,(H,16,17);1H. The molecular weight excluding hydrogens is 409 g/mol. The van der Waals surface area contributed by atoms with Gasteiger partial charge in [0.15, 0.2) is 5.96 Å². The molecule has 132 valence electrons. The van der Waals surface area contributed by atoms with Gasteiger partial charge in [0.25, 0.3) is 0 Å². The number of halogens is 1. The quantitative estimate of drug-likeness (QED) is 0.427. The Morgan fingerprint density at radius 2 is 2.30 bits per heavy atom. The molecule has 8 heteroatoms. The molecule has 0 saturated carbocycles. The maximum absolute atomic E-state index is 5.55. The van der Waals surface area contributed by atoms with Gasteiger partial charge in [-0.2, -0.15) is 0 Å². The van der Waals surface area contributed by atoms with Gasteiger partial charge in [0.2, 0.25) is 0 Å². The predicted octanol–water partition coefficient (Wildman–Crippen LogP) is 1.41. The fourth-order valence-electron chi connectivity index (χ4n) is 2.63. The van der Waals surface area contributed by atoms with Gasteiger partial charge in [-0.15, -0.1) is 24.0 Å². The Balaban J connectivity index is 0.00000264. The molecule has 1 fully saturated rings. The van der Waals surface area contributed by atoms with Crippen molar-refractivity contribution in [1.82, 2.24) is 20.3 Å². The summed E-state index contributed by atoms with van der Waals surface area (Å²) in [6, 6.07) is 1.86. The van der Waals surface area contributed by atoms with Crippen LogP contribution >= 0.6 is 24.0 Å². The molecular formula is C15H28IN5O2. The van der Waals surface area contributed by atoms with E-state index in [-0.39, 0.29) is 29.5 Å². The van der Waals surface area contributed by atoms with E-state index in [1.54, 1.807) is 13.3 Å². The predicted molar refractivity (Wildman–Crippen MR) is 101 cm³/mol. The monoisotopic (exact) mass is 437 g/mol. The van der Waals surface area contributed by atoms with Crippen LogP contribution in [0.2, 0.25) is 0 Å². The Morgan fingerprint density at radius 3 is 2.91 bits per heavy atom. The lowest BCUT2D eigenvalue weighted by Gasteiger charge is -2.42. The van der Waals surface area contributed by atoms with Gasteiger partial charge in [0.05, 0.1) is 19.8 Å². The van der Waals surface area contributed by atoms with E-state index in [0.29, 0.717) is 6.54 Å². The zero-order valence-corrected chi connectivity index (χ0v) is 16.7. The smallest absolute Gasteiger partial charge is 0.193 e. The minimum atomic E-state index is 0. The van der Waals surface area contributed by atoms with Crippen LogP contribution in [0.3, 0.4) is 0 Å². The number of nitrogens with one attached hydrogen (secondary N) is 1. The molecule has 1 aliphatic heterocycles. The van der Waals surface area contributed by atoms with Gasteiger partial charge in [-0.3, -0.25) is 9.89 Å². The van der Waals surface area contributed by atoms with Gasteiger partial charge in [0, 0.05) is 45.3 Å². The summed E-state index contributed by atoms with van der Waals surface area (Å²) in [6.45, 7) is 9.49. The van der Waals surface area contributed by atoms with Crippen LogP contribution in [-0.4, -0.2) is 73.4 Å². The molecule has 0 bridgehead atoms. The molecule has 0 aliphatic carbocycles. The fraction of sp³-hybridized carbons (Fsp3) is 0.733. The van der Waals surface area contributed by atoms with Crippen LogP contribution < -0.4 is 5.32 Å². The van der Waals surface area contributed by atoms with E-state index < -0.39 is 0 Å². The largest absolute Gasteiger partial charge is 0.378 e. The van der Waals surface area contributed by atoms with E-state index in [0.717, 1.165) is 44.5 Å². The molecule has 0 atom stereocenters. The highest BCUT2D eigenvalue weighted by molar-refractivity contribution is 14.0. The van der Waals surface area contributed by atoms with Crippen LogP contribution in [0.25, 0.3) is 0 Å². The molecule has 1 aliphatic rings. The molecule has 0 unspecified atom stereocenters. The maximum Gasteiger partial charge on any atom is 0.193 e. The summed E-state index contributed by atoms with van der Waals surface area (Å²) < 4.78 is 10.4. The van der Waals surface area contributed by atoms with Crippen LogP contribution in [0.15, 0.2) is 21.8 Å². The molecule has 1 N–H and O–H groups in total. The van der Waals surface area contributed by atoms with Crippen molar-refractivity contribution in [3.05, 3.63) is 18.0 Å². The van der Waals surface area contributed by atoms with E-state index in [4.69, 9.17) is 9.26 Å². The lowest BCUT2D eigenvalue weighted by atomic mass is 10.0. The number of rotatable bonds is 5. The van der Waals surface area contributed by atoms with Crippen molar-refractivity contribution in [2.45, 2.75) is 25.9 Å². The van der Waals surface area contributed by atoms with Crippen molar-refractivity contribution in [2.75, 3.05) is 46.9 Å². The molecule has 0 spiro atoms. The van der Waals surface area contributed by atoms with Crippen molar-refractivity contribution in [3.63, 3.8) is 0 Å². The minimum Gasteiger partial charge on any atom is -0.378 e. The molecule has 1 saturated heterocycles. The first kappa shape index (κ1) is 20.2. The third-order valence-corrected chi connectivity index (χ3v) is 3.95. The number of guanidine groups is 1. The molecule has 2 heterocycles. The maximum atomic E-state index is 5.55. The summed E-state index contributed by atoms with van der Waals surface area (Å²) in [5.74, 6) is 0.856. The Hall–Kier alpha value is -0.870. The van der Waals surface area contributed by atoms with Gasteiger partial charge in [-0.25, -0.2) is 0 Å². The normalized spacial score (nSPS) is 18.3. The molecule has 1 aromatic rings. The number of morpholine rings is 1. The van der Waals surface area contributed by atoms with E-state index in [9.17, 15) is 0 Å². The van der Waals surface area contributed by atoms with Crippen LogP contribution in [0, 0.1) is 0 Å². The summed E-state index contributed by atoms with van der Waals surface area (Å²) in [6.07, 6.45) is 1.58. The van der Waals surface area contributed by atoms with Crippen LogP contribution in [0.4, 0.5) is 0 Å². The Labute approximate surface area is 155 Å². The zero-order valence-electron chi connectivity index (χ0n) is 14.4. The van der Waals surface area contributed by atoms with Gasteiger partial charge >= 0.3 is 0 Å². The summed E-state index contributed by atoms with van der Waals surface area (Å²) >= 11 is 0. The average molecular weight is 437 g/mol. The third-order valence-electron chi connectivity index (χ3n) is 3.95. The molecule has 7 nitrogen and oxygen atoms in total. The van der Waals surface area contributed by atoms with Gasteiger partial charge in [0.1, 0.15) is 12.0 Å². The van der Waals surface area contributed by atoms with E-state index in [2.05, 4.69) is 34.2 Å². The van der Waals surface area contributed by atoms with Crippen LogP contribution in [0.5, 0.6) is 0 Å².